The van der Waals surface area contributed by atoms with Gasteiger partial charge in [0.15, 0.2) is 0 Å². The molecular weight excluding hydrogens is 318 g/mol. The molecule has 120 valence electrons. The number of thioether (sulfide) groups is 1. The van der Waals surface area contributed by atoms with E-state index >= 15 is 0 Å². The maximum absolute atomic E-state index is 11.9. The van der Waals surface area contributed by atoms with Gasteiger partial charge in [0, 0.05) is 35.3 Å². The molecule has 1 N–H and O–H groups in total. The summed E-state index contributed by atoms with van der Waals surface area (Å²) in [6.45, 7) is 0.330. The number of aromatic nitrogens is 1. The van der Waals surface area contributed by atoms with Crippen molar-refractivity contribution in [2.45, 2.75) is 11.4 Å². The number of nitro benzene ring substituents is 1. The number of pyridine rings is 1. The summed E-state index contributed by atoms with van der Waals surface area (Å²) >= 11 is 1.31. The van der Waals surface area contributed by atoms with Crippen LogP contribution in [-0.2, 0) is 11.3 Å². The number of rotatable bonds is 7. The molecule has 0 saturated carbocycles. The molecule has 0 aliphatic heterocycles. The van der Waals surface area contributed by atoms with E-state index in [4.69, 9.17) is 4.74 Å². The molecular formula is C15H15N3O4S. The van der Waals surface area contributed by atoms with Gasteiger partial charge in [-0.1, -0.05) is 6.07 Å². The van der Waals surface area contributed by atoms with Crippen LogP contribution in [0.3, 0.4) is 0 Å². The molecule has 7 nitrogen and oxygen atoms in total. The van der Waals surface area contributed by atoms with Crippen LogP contribution in [-0.4, -0.2) is 28.7 Å². The molecule has 0 aliphatic rings. The normalized spacial score (nSPS) is 10.1. The minimum atomic E-state index is -0.456. The largest absolute Gasteiger partial charge is 0.481 e. The number of nitrogens with one attached hydrogen (secondary N) is 1. The van der Waals surface area contributed by atoms with Crippen LogP contribution in [0.15, 0.2) is 47.5 Å². The standard InChI is InChI=1S/C15H15N3O4S/c1-22-15-11(3-2-8-16-15)9-17-14(19)10-23-13-6-4-12(5-7-13)18(20)21/h2-8H,9-10H2,1H3,(H,17,19). The van der Waals surface area contributed by atoms with Gasteiger partial charge in [0.05, 0.1) is 17.8 Å². The Morgan fingerprint density at radius 2 is 2.09 bits per heavy atom. The number of carbonyl (C=O) groups is 1. The summed E-state index contributed by atoms with van der Waals surface area (Å²) in [6.07, 6.45) is 1.62. The minimum absolute atomic E-state index is 0.0301. The molecule has 1 aromatic heterocycles. The first kappa shape index (κ1) is 16.8. The highest BCUT2D eigenvalue weighted by atomic mass is 32.2. The average Bonchev–Trinajstić information content (AvgIpc) is 2.58. The van der Waals surface area contributed by atoms with Gasteiger partial charge in [0.1, 0.15) is 0 Å². The first-order valence-corrected chi connectivity index (χ1v) is 7.70. The summed E-state index contributed by atoms with van der Waals surface area (Å²) in [5, 5.41) is 13.4. The van der Waals surface area contributed by atoms with E-state index in [9.17, 15) is 14.9 Å². The molecule has 1 aromatic carbocycles. The number of hydrogen-bond acceptors (Lipinski definition) is 6. The van der Waals surface area contributed by atoms with Gasteiger partial charge in [0.2, 0.25) is 11.8 Å². The van der Waals surface area contributed by atoms with Crippen LogP contribution in [0.1, 0.15) is 5.56 Å². The van der Waals surface area contributed by atoms with Crippen molar-refractivity contribution in [2.75, 3.05) is 12.9 Å². The van der Waals surface area contributed by atoms with Crippen molar-refractivity contribution in [1.82, 2.24) is 10.3 Å². The molecule has 0 atom stereocenters. The maximum atomic E-state index is 11.9. The van der Waals surface area contributed by atoms with Crippen molar-refractivity contribution >= 4 is 23.4 Å². The smallest absolute Gasteiger partial charge is 0.269 e. The number of methoxy groups -OCH3 is 1. The predicted octanol–water partition coefficient (Wildman–Crippen LogP) is 2.41. The highest BCUT2D eigenvalue weighted by Crippen LogP contribution is 2.21. The quantitative estimate of drug-likeness (QED) is 0.475. The molecule has 0 radical (unpaired) electrons. The van der Waals surface area contributed by atoms with E-state index in [-0.39, 0.29) is 17.3 Å². The summed E-state index contributed by atoms with van der Waals surface area (Å²) in [6, 6.07) is 9.69. The van der Waals surface area contributed by atoms with Gasteiger partial charge in [-0.05, 0) is 18.2 Å². The number of benzene rings is 1. The van der Waals surface area contributed by atoms with E-state index in [1.165, 1.54) is 31.0 Å². The van der Waals surface area contributed by atoms with Gasteiger partial charge >= 0.3 is 0 Å². The Kier molecular flexibility index (Phi) is 5.93. The number of ether oxygens (including phenoxy) is 1. The molecule has 0 saturated heterocycles. The second kappa shape index (κ2) is 8.14. The first-order valence-electron chi connectivity index (χ1n) is 6.72. The molecule has 0 spiro atoms. The van der Waals surface area contributed by atoms with Crippen LogP contribution in [0.2, 0.25) is 0 Å². The molecule has 23 heavy (non-hydrogen) atoms. The van der Waals surface area contributed by atoms with E-state index in [0.717, 1.165) is 10.5 Å². The number of non-ortho nitro benzene ring substituents is 1. The van der Waals surface area contributed by atoms with Crippen molar-refractivity contribution in [3.05, 3.63) is 58.3 Å². The van der Waals surface area contributed by atoms with Gasteiger partial charge in [0.25, 0.3) is 5.69 Å². The summed E-state index contributed by atoms with van der Waals surface area (Å²) in [5.41, 5.74) is 0.825. The molecule has 1 amide bonds. The van der Waals surface area contributed by atoms with Crippen LogP contribution in [0, 0.1) is 10.1 Å². The van der Waals surface area contributed by atoms with E-state index in [2.05, 4.69) is 10.3 Å². The van der Waals surface area contributed by atoms with E-state index < -0.39 is 4.92 Å². The van der Waals surface area contributed by atoms with E-state index in [1.807, 2.05) is 6.07 Å². The van der Waals surface area contributed by atoms with Gasteiger partial charge in [-0.25, -0.2) is 4.98 Å². The lowest BCUT2D eigenvalue weighted by molar-refractivity contribution is -0.384. The summed E-state index contributed by atoms with van der Waals surface area (Å²) in [7, 11) is 1.53. The van der Waals surface area contributed by atoms with Gasteiger partial charge in [-0.2, -0.15) is 0 Å². The second-order valence-electron chi connectivity index (χ2n) is 4.49. The average molecular weight is 333 g/mol. The summed E-state index contributed by atoms with van der Waals surface area (Å²) in [5.74, 6) is 0.565. The predicted molar refractivity (Wildman–Crippen MR) is 86.5 cm³/mol. The number of hydrogen-bond donors (Lipinski definition) is 1. The Hall–Kier alpha value is -2.61. The SMILES string of the molecule is COc1ncccc1CNC(=O)CSc1ccc([N+](=O)[O-])cc1. The fourth-order valence-corrected chi connectivity index (χ4v) is 2.53. The monoisotopic (exact) mass is 333 g/mol. The fraction of sp³-hybridized carbons (Fsp3) is 0.200. The van der Waals surface area contributed by atoms with Crippen LogP contribution >= 0.6 is 11.8 Å². The zero-order chi connectivity index (χ0) is 16.7. The minimum Gasteiger partial charge on any atom is -0.481 e. The maximum Gasteiger partial charge on any atom is 0.269 e. The Bertz CT molecular complexity index is 691. The highest BCUT2D eigenvalue weighted by molar-refractivity contribution is 8.00. The molecule has 0 aliphatic carbocycles. The molecule has 0 bridgehead atoms. The Morgan fingerprint density at radius 1 is 1.35 bits per heavy atom. The zero-order valence-electron chi connectivity index (χ0n) is 12.4. The lowest BCUT2D eigenvalue weighted by Crippen LogP contribution is -2.24. The topological polar surface area (TPSA) is 94.4 Å². The lowest BCUT2D eigenvalue weighted by Gasteiger charge is -2.08. The number of nitrogens with zero attached hydrogens (tertiary/aromatic N) is 2. The van der Waals surface area contributed by atoms with Gasteiger partial charge in [-0.15, -0.1) is 11.8 Å². The highest BCUT2D eigenvalue weighted by Gasteiger charge is 2.08. The zero-order valence-corrected chi connectivity index (χ0v) is 13.2. The summed E-state index contributed by atoms with van der Waals surface area (Å²) < 4.78 is 5.11. The molecule has 2 rings (SSSR count). The van der Waals surface area contributed by atoms with E-state index in [0.29, 0.717) is 12.4 Å². The van der Waals surface area contributed by atoms with Crippen molar-refractivity contribution in [3.63, 3.8) is 0 Å². The van der Waals surface area contributed by atoms with Crippen molar-refractivity contribution in [2.24, 2.45) is 0 Å². The Labute approximate surface area is 137 Å². The van der Waals surface area contributed by atoms with Gasteiger partial charge in [-0.3, -0.25) is 14.9 Å². The second-order valence-corrected chi connectivity index (χ2v) is 5.54. The van der Waals surface area contributed by atoms with Gasteiger partial charge < -0.3 is 10.1 Å². The number of amides is 1. The van der Waals surface area contributed by atoms with Crippen LogP contribution in [0.5, 0.6) is 5.88 Å². The Balaban J connectivity index is 1.82. The molecule has 2 aromatic rings. The van der Waals surface area contributed by atoms with Crippen molar-refractivity contribution in [3.8, 4) is 5.88 Å². The molecule has 1 heterocycles. The third kappa shape index (κ3) is 4.96. The van der Waals surface area contributed by atoms with E-state index in [1.54, 1.807) is 24.4 Å². The molecule has 0 fully saturated rings. The molecule has 8 heteroatoms. The number of nitro groups is 1. The van der Waals surface area contributed by atoms with Crippen LogP contribution in [0.25, 0.3) is 0 Å². The summed E-state index contributed by atoms with van der Waals surface area (Å²) in [4.78, 5) is 26.8. The third-order valence-corrected chi connectivity index (χ3v) is 3.95. The van der Waals surface area contributed by atoms with Crippen molar-refractivity contribution in [1.29, 1.82) is 0 Å². The Morgan fingerprint density at radius 3 is 2.74 bits per heavy atom. The number of carbonyl (C=O) groups excluding carboxylic acids is 1. The molecule has 0 unspecified atom stereocenters. The first-order chi connectivity index (χ1) is 11.1. The third-order valence-electron chi connectivity index (χ3n) is 2.94. The fourth-order valence-electron chi connectivity index (χ4n) is 1.80. The lowest BCUT2D eigenvalue weighted by atomic mass is 10.2. The van der Waals surface area contributed by atoms with Crippen LogP contribution in [0.4, 0.5) is 5.69 Å². The van der Waals surface area contributed by atoms with Crippen molar-refractivity contribution < 1.29 is 14.5 Å². The van der Waals surface area contributed by atoms with Crippen LogP contribution < -0.4 is 10.1 Å².